The summed E-state index contributed by atoms with van der Waals surface area (Å²) in [6, 6.07) is 7.72. The molecular weight excluding hydrogens is 525 g/mol. The first-order valence-corrected chi connectivity index (χ1v) is 12.3. The maximum atomic E-state index is 13.5. The number of nitrogens with one attached hydrogen (secondary N) is 2. The van der Waals surface area contributed by atoms with Crippen molar-refractivity contribution in [1.82, 2.24) is 20.6 Å². The summed E-state index contributed by atoms with van der Waals surface area (Å²) >= 11 is 0. The molecule has 1 heterocycles. The summed E-state index contributed by atoms with van der Waals surface area (Å²) in [5.41, 5.74) is -1.81. The van der Waals surface area contributed by atoms with Crippen molar-refractivity contribution in [2.75, 3.05) is 0 Å². The third-order valence-electron chi connectivity index (χ3n) is 5.80. The second kappa shape index (κ2) is 15.4. The third kappa shape index (κ3) is 9.52. The van der Waals surface area contributed by atoms with E-state index in [1.807, 2.05) is 0 Å². The highest BCUT2D eigenvalue weighted by Crippen LogP contribution is 2.24. The molecule has 2 rings (SSSR count). The molecule has 2 amide bonds. The Hall–Kier alpha value is -4.21. The van der Waals surface area contributed by atoms with Gasteiger partial charge in [-0.15, -0.1) is 0 Å². The number of hydrogen-bond donors (Lipinski definition) is 5. The molecule has 15 heteroatoms. The molecule has 0 fully saturated rings. The number of nitrogens with zero attached hydrogens (tertiary/aromatic N) is 2. The Balaban J connectivity index is 2.38. The van der Waals surface area contributed by atoms with Crippen LogP contribution in [0.4, 0.5) is 0 Å². The molecule has 0 aliphatic carbocycles. The van der Waals surface area contributed by atoms with Gasteiger partial charge in [-0.2, -0.15) is 0 Å². The number of carboxylic acids is 2. The van der Waals surface area contributed by atoms with Crippen LogP contribution in [0.3, 0.4) is 0 Å². The average molecular weight is 557 g/mol. The second-order valence-corrected chi connectivity index (χ2v) is 9.41. The van der Waals surface area contributed by atoms with Gasteiger partial charge in [0.05, 0.1) is 18.6 Å². The van der Waals surface area contributed by atoms with Gasteiger partial charge in [-0.3, -0.25) is 19.4 Å². The van der Waals surface area contributed by atoms with Crippen LogP contribution >= 0.6 is 0 Å². The normalized spacial score (nSPS) is 13.9. The molecule has 0 aliphatic heterocycles. The minimum atomic E-state index is -2.51. The molecule has 14 nitrogen and oxygen atoms in total. The van der Waals surface area contributed by atoms with Gasteiger partial charge in [0.15, 0.2) is 5.60 Å². The number of aliphatic carboxylic acids is 2. The zero-order chi connectivity index (χ0) is 29.7. The van der Waals surface area contributed by atoms with Gasteiger partial charge >= 0.3 is 19.1 Å². The Morgan fingerprint density at radius 2 is 1.82 bits per heavy atom. The van der Waals surface area contributed by atoms with E-state index in [0.717, 1.165) is 5.56 Å². The summed E-state index contributed by atoms with van der Waals surface area (Å²) in [4.78, 5) is 68.9. The largest absolute Gasteiger partial charge is 0.498 e. The summed E-state index contributed by atoms with van der Waals surface area (Å²) < 4.78 is 10.4. The Morgan fingerprint density at radius 1 is 1.12 bits per heavy atom. The predicted octanol–water partition coefficient (Wildman–Crippen LogP) is 0.170. The van der Waals surface area contributed by atoms with Crippen LogP contribution in [0.1, 0.15) is 49.2 Å². The van der Waals surface area contributed by atoms with E-state index >= 15 is 0 Å². The van der Waals surface area contributed by atoms with Crippen LogP contribution in [0.25, 0.3) is 0 Å². The smallest absolute Gasteiger partial charge is 0.481 e. The van der Waals surface area contributed by atoms with Crippen LogP contribution in [-0.4, -0.2) is 74.9 Å². The number of benzene rings is 1. The van der Waals surface area contributed by atoms with Crippen molar-refractivity contribution in [3.05, 3.63) is 60.2 Å². The molecule has 6 N–H and O–H groups in total. The van der Waals surface area contributed by atoms with Gasteiger partial charge in [0.2, 0.25) is 5.91 Å². The van der Waals surface area contributed by atoms with Gasteiger partial charge < -0.3 is 35.1 Å². The summed E-state index contributed by atoms with van der Waals surface area (Å²) in [7, 11) is -1.67. The quantitative estimate of drug-likeness (QED) is 0.0998. The highest BCUT2D eigenvalue weighted by molar-refractivity contribution is 6.47. The first-order chi connectivity index (χ1) is 19.0. The maximum absolute atomic E-state index is 13.5. The molecule has 2 aromatic rings. The molecule has 0 aliphatic rings. The van der Waals surface area contributed by atoms with Crippen LogP contribution in [0.2, 0.25) is 0 Å². The molecule has 0 saturated carbocycles. The highest BCUT2D eigenvalue weighted by atomic mass is 16.7. The SMILES string of the molecule is CC(C)C[C@H](NC(=O)[C@H](Cc1ccccc1)NC(=O)c1cnccn1)B(ON)OC(CC=O)(CC(=O)O)C(=O)O. The average Bonchev–Trinajstić information content (AvgIpc) is 2.91. The van der Waals surface area contributed by atoms with E-state index in [4.69, 9.17) is 15.3 Å². The number of aldehydes is 1. The van der Waals surface area contributed by atoms with E-state index in [1.165, 1.54) is 18.6 Å². The first-order valence-electron chi connectivity index (χ1n) is 12.3. The molecule has 40 heavy (non-hydrogen) atoms. The lowest BCUT2D eigenvalue weighted by Crippen LogP contribution is -2.60. The number of aromatic nitrogens is 2. The van der Waals surface area contributed by atoms with Gasteiger partial charge in [0.25, 0.3) is 5.91 Å². The van der Waals surface area contributed by atoms with Crippen molar-refractivity contribution in [2.45, 2.75) is 57.1 Å². The Morgan fingerprint density at radius 3 is 2.35 bits per heavy atom. The van der Waals surface area contributed by atoms with Crippen LogP contribution in [-0.2, 0) is 35.0 Å². The summed E-state index contributed by atoms with van der Waals surface area (Å²) in [6.45, 7) is 3.61. The Labute approximate surface area is 230 Å². The lowest BCUT2D eigenvalue weighted by atomic mass is 9.72. The number of carbonyl (C=O) groups excluding carboxylic acids is 3. The molecular formula is C25H32BN5O9. The van der Waals surface area contributed by atoms with E-state index in [0.29, 0.717) is 0 Å². The number of nitrogens with two attached hydrogens (primary N) is 1. The zero-order valence-electron chi connectivity index (χ0n) is 22.1. The van der Waals surface area contributed by atoms with Crippen molar-refractivity contribution in [1.29, 1.82) is 0 Å². The summed E-state index contributed by atoms with van der Waals surface area (Å²) in [5, 5.41) is 24.4. The number of rotatable bonds is 17. The molecule has 214 valence electrons. The number of hydrogen-bond acceptors (Lipinski definition) is 10. The van der Waals surface area contributed by atoms with Gasteiger partial charge in [0, 0.05) is 25.2 Å². The molecule has 1 aromatic carbocycles. The standard InChI is InChI=1S/C25H32BN5O9/c1-16(2)12-20(26(40-27)39-25(8-11-32,24(37)38)14-21(33)34)31-22(35)18(13-17-6-4-3-5-7-17)30-23(36)19-15-28-9-10-29-19/h3-7,9-11,15-16,18,20H,8,12-14,27H2,1-2H3,(H,30,36)(H,31,35)(H,33,34)(H,37,38)/t18-,20-,25?/m0/s1. The van der Waals surface area contributed by atoms with E-state index in [-0.39, 0.29) is 30.7 Å². The Kier molecular flexibility index (Phi) is 12.3. The summed E-state index contributed by atoms with van der Waals surface area (Å²) in [6.07, 6.45) is 2.49. The van der Waals surface area contributed by atoms with Gasteiger partial charge in [-0.25, -0.2) is 15.7 Å². The second-order valence-electron chi connectivity index (χ2n) is 9.41. The molecule has 0 saturated heterocycles. The van der Waals surface area contributed by atoms with Crippen molar-refractivity contribution in [3.8, 4) is 0 Å². The molecule has 0 bridgehead atoms. The van der Waals surface area contributed by atoms with Crippen LogP contribution < -0.4 is 16.5 Å². The topological polar surface area (TPSA) is 220 Å². The molecule has 1 aromatic heterocycles. The predicted molar refractivity (Wildman–Crippen MR) is 140 cm³/mol. The van der Waals surface area contributed by atoms with E-state index in [2.05, 4.69) is 20.6 Å². The monoisotopic (exact) mass is 557 g/mol. The van der Waals surface area contributed by atoms with Crippen molar-refractivity contribution in [2.24, 2.45) is 11.8 Å². The van der Waals surface area contributed by atoms with Crippen LogP contribution in [0, 0.1) is 5.92 Å². The van der Waals surface area contributed by atoms with E-state index in [9.17, 15) is 34.2 Å². The van der Waals surface area contributed by atoms with Crippen molar-refractivity contribution < 1.29 is 43.6 Å². The molecule has 0 spiro atoms. The molecule has 0 radical (unpaired) electrons. The lowest BCUT2D eigenvalue weighted by molar-refractivity contribution is -0.165. The number of carboxylic acid groups (broad SMARTS) is 2. The van der Waals surface area contributed by atoms with Crippen molar-refractivity contribution in [3.63, 3.8) is 0 Å². The summed E-state index contributed by atoms with van der Waals surface area (Å²) in [5.74, 6) is -0.413. The number of carbonyl (C=O) groups is 5. The minimum Gasteiger partial charge on any atom is -0.481 e. The lowest BCUT2D eigenvalue weighted by Gasteiger charge is -2.33. The first kappa shape index (κ1) is 32.0. The fourth-order valence-electron chi connectivity index (χ4n) is 3.92. The van der Waals surface area contributed by atoms with Gasteiger partial charge in [-0.05, 0) is 17.9 Å². The van der Waals surface area contributed by atoms with Gasteiger partial charge in [-0.1, -0.05) is 44.2 Å². The highest BCUT2D eigenvalue weighted by Gasteiger charge is 2.48. The van der Waals surface area contributed by atoms with Crippen LogP contribution in [0.5, 0.6) is 0 Å². The minimum absolute atomic E-state index is 0.0210. The van der Waals surface area contributed by atoms with Gasteiger partial charge in [0.1, 0.15) is 18.0 Å². The maximum Gasteiger partial charge on any atom is 0.498 e. The third-order valence-corrected chi connectivity index (χ3v) is 5.80. The zero-order valence-corrected chi connectivity index (χ0v) is 22.1. The fraction of sp³-hybridized carbons (Fsp3) is 0.400. The number of amides is 2. The fourth-order valence-corrected chi connectivity index (χ4v) is 3.92. The molecule has 3 atom stereocenters. The van der Waals surface area contributed by atoms with Crippen LogP contribution in [0.15, 0.2) is 48.9 Å². The Bertz CT molecular complexity index is 1160. The van der Waals surface area contributed by atoms with Crippen molar-refractivity contribution >= 4 is 37.2 Å². The van der Waals surface area contributed by atoms with E-state index in [1.54, 1.807) is 44.2 Å². The van der Waals surface area contributed by atoms with E-state index < -0.39 is 61.3 Å². The molecule has 1 unspecified atom stereocenters.